The highest BCUT2D eigenvalue weighted by molar-refractivity contribution is 6.10. The first-order chi connectivity index (χ1) is 43.0. The highest BCUT2D eigenvalue weighted by Crippen LogP contribution is 2.37. The van der Waals surface area contributed by atoms with Crippen LogP contribution in [0.1, 0.15) is 18.2 Å². The third kappa shape index (κ3) is 9.99. The largest absolute Gasteiger partial charge is 0.309 e. The number of para-hydroxylation sites is 4. The van der Waals surface area contributed by atoms with Gasteiger partial charge in [0.1, 0.15) is 0 Å². The van der Waals surface area contributed by atoms with Crippen LogP contribution in [0.25, 0.3) is 145 Å². The first-order valence-electron chi connectivity index (χ1n) is 29.2. The van der Waals surface area contributed by atoms with Gasteiger partial charge in [-0.1, -0.05) is 194 Å². The number of aliphatic imine (C=N–C) groups is 1. The van der Waals surface area contributed by atoms with Crippen molar-refractivity contribution in [1.82, 2.24) is 29.1 Å². The van der Waals surface area contributed by atoms with Crippen molar-refractivity contribution < 1.29 is 0 Å². The second-order valence-corrected chi connectivity index (χ2v) is 21.8. The maximum absolute atomic E-state index is 5.17. The summed E-state index contributed by atoms with van der Waals surface area (Å²) in [5, 5.41) is 5.01. The van der Waals surface area contributed by atoms with Gasteiger partial charge in [-0.3, -0.25) is 15.0 Å². The van der Waals surface area contributed by atoms with E-state index in [0.717, 1.165) is 107 Å². The van der Waals surface area contributed by atoms with Crippen LogP contribution in [0.3, 0.4) is 0 Å². The number of pyridine rings is 4. The van der Waals surface area contributed by atoms with Crippen LogP contribution in [0.4, 0.5) is 0 Å². The van der Waals surface area contributed by atoms with E-state index in [1.54, 1.807) is 6.20 Å². The Hall–Kier alpha value is -11.7. The topological polar surface area (TPSA) is 73.8 Å². The molecule has 0 aliphatic rings. The summed E-state index contributed by atoms with van der Waals surface area (Å²) in [7, 11) is 0. The maximum atomic E-state index is 5.17. The summed E-state index contributed by atoms with van der Waals surface area (Å²) < 4.78 is 4.70. The smallest absolute Gasteiger partial charge is 0.0900 e. The van der Waals surface area contributed by atoms with Crippen molar-refractivity contribution in [2.45, 2.75) is 6.92 Å². The molecular formula is C80H55N7. The minimum Gasteiger partial charge on any atom is -0.309 e. The van der Waals surface area contributed by atoms with Crippen molar-refractivity contribution in [2.24, 2.45) is 4.99 Å². The number of fused-ring (bicyclic) bond motifs is 6. The Bertz CT molecular complexity index is 5010. The van der Waals surface area contributed by atoms with Gasteiger partial charge in [0.05, 0.1) is 61.9 Å². The molecule has 0 fully saturated rings. The Balaban J connectivity index is 0.687. The molecule has 0 atom stereocenters. The first kappa shape index (κ1) is 52.2. The van der Waals surface area contributed by atoms with E-state index >= 15 is 0 Å². The minimum absolute atomic E-state index is 0.655. The lowest BCUT2D eigenvalue weighted by Crippen LogP contribution is -1.95. The summed E-state index contributed by atoms with van der Waals surface area (Å²) in [6, 6.07) is 98.5. The van der Waals surface area contributed by atoms with Crippen molar-refractivity contribution in [1.29, 1.82) is 0 Å². The van der Waals surface area contributed by atoms with Crippen molar-refractivity contribution >= 4 is 61.6 Å². The molecule has 6 heterocycles. The molecule has 6 aromatic heterocycles. The normalized spacial score (nSPS) is 11.9. The van der Waals surface area contributed by atoms with Crippen molar-refractivity contribution in [3.05, 3.63) is 315 Å². The van der Waals surface area contributed by atoms with E-state index in [-0.39, 0.29) is 0 Å². The van der Waals surface area contributed by atoms with E-state index < -0.39 is 0 Å². The average molecular weight is 1110 g/mol. The van der Waals surface area contributed by atoms with E-state index in [1.165, 1.54) is 43.6 Å². The van der Waals surface area contributed by atoms with Gasteiger partial charge in [0.25, 0.3) is 0 Å². The molecular weight excluding hydrogens is 1060 g/mol. The van der Waals surface area contributed by atoms with Crippen LogP contribution in [0.2, 0.25) is 0 Å². The van der Waals surface area contributed by atoms with Gasteiger partial charge < -0.3 is 9.13 Å². The second-order valence-electron chi connectivity index (χ2n) is 21.8. The predicted molar refractivity (Wildman–Crippen MR) is 362 cm³/mol. The van der Waals surface area contributed by atoms with E-state index in [0.29, 0.717) is 5.70 Å². The third-order valence-corrected chi connectivity index (χ3v) is 16.6. The van der Waals surface area contributed by atoms with Crippen LogP contribution in [0, 0.1) is 0 Å². The number of hydrogen-bond acceptors (Lipinski definition) is 5. The van der Waals surface area contributed by atoms with E-state index in [4.69, 9.17) is 19.9 Å². The number of benzene rings is 9. The molecule has 0 saturated carbocycles. The molecule has 87 heavy (non-hydrogen) atoms. The van der Waals surface area contributed by atoms with Crippen LogP contribution in [-0.4, -0.2) is 35.8 Å². The van der Waals surface area contributed by atoms with Crippen molar-refractivity contribution in [3.8, 4) is 89.9 Å². The molecule has 0 spiro atoms. The van der Waals surface area contributed by atoms with Gasteiger partial charge in [-0.25, -0.2) is 9.97 Å². The molecule has 0 unspecified atom stereocenters. The lowest BCUT2D eigenvalue weighted by Gasteiger charge is -2.12. The molecule has 7 nitrogen and oxygen atoms in total. The fraction of sp³-hybridized carbons (Fsp3) is 0.0125. The van der Waals surface area contributed by atoms with Crippen LogP contribution in [-0.2, 0) is 0 Å². The Morgan fingerprint density at radius 1 is 0.345 bits per heavy atom. The van der Waals surface area contributed by atoms with Crippen LogP contribution >= 0.6 is 0 Å². The Kier molecular flexibility index (Phi) is 13.5. The lowest BCUT2D eigenvalue weighted by molar-refractivity contribution is 1.18. The van der Waals surface area contributed by atoms with Crippen LogP contribution in [0.5, 0.6) is 0 Å². The summed E-state index contributed by atoms with van der Waals surface area (Å²) in [5.74, 6) is 0. The number of aromatic nitrogens is 6. The molecule has 0 radical (unpaired) electrons. The van der Waals surface area contributed by atoms with Crippen molar-refractivity contribution in [2.75, 3.05) is 0 Å². The summed E-state index contributed by atoms with van der Waals surface area (Å²) >= 11 is 0. The van der Waals surface area contributed by atoms with Crippen molar-refractivity contribution in [3.63, 3.8) is 0 Å². The van der Waals surface area contributed by atoms with Crippen LogP contribution < -0.4 is 0 Å². The number of allylic oxidation sites excluding steroid dienone is 3. The second kappa shape index (κ2) is 22.5. The minimum atomic E-state index is 0.655. The quantitative estimate of drug-likeness (QED) is 0.0852. The summed E-state index contributed by atoms with van der Waals surface area (Å²) in [6.07, 6.45) is 7.75. The fourth-order valence-electron chi connectivity index (χ4n) is 12.1. The highest BCUT2D eigenvalue weighted by Gasteiger charge is 2.17. The molecule has 0 amide bonds. The summed E-state index contributed by atoms with van der Waals surface area (Å²) in [4.78, 5) is 24.6. The molecule has 0 aliphatic carbocycles. The molecule has 410 valence electrons. The maximum Gasteiger partial charge on any atom is 0.0900 e. The van der Waals surface area contributed by atoms with Gasteiger partial charge in [-0.15, -0.1) is 0 Å². The third-order valence-electron chi connectivity index (χ3n) is 16.6. The number of hydrogen-bond donors (Lipinski definition) is 0. The molecule has 0 bridgehead atoms. The zero-order valence-electron chi connectivity index (χ0n) is 47.7. The van der Waals surface area contributed by atoms with E-state index in [1.807, 2.05) is 54.7 Å². The molecule has 0 aliphatic heterocycles. The van der Waals surface area contributed by atoms with Gasteiger partial charge in [0.2, 0.25) is 0 Å². The molecule has 15 rings (SSSR count). The number of nitrogens with zero attached hydrogens (tertiary/aromatic N) is 7. The van der Waals surface area contributed by atoms with E-state index in [2.05, 4.69) is 270 Å². The molecule has 9 aromatic carbocycles. The molecule has 0 saturated heterocycles. The predicted octanol–water partition coefficient (Wildman–Crippen LogP) is 20.3. The Labute approximate surface area is 504 Å². The van der Waals surface area contributed by atoms with Crippen LogP contribution in [0.15, 0.2) is 309 Å². The summed E-state index contributed by atoms with van der Waals surface area (Å²) in [5.41, 5.74) is 24.1. The van der Waals surface area contributed by atoms with Gasteiger partial charge in [0.15, 0.2) is 0 Å². The first-order valence-corrected chi connectivity index (χ1v) is 29.2. The zero-order valence-corrected chi connectivity index (χ0v) is 47.7. The van der Waals surface area contributed by atoms with Gasteiger partial charge >= 0.3 is 0 Å². The number of rotatable bonds is 13. The van der Waals surface area contributed by atoms with Gasteiger partial charge in [-0.05, 0) is 166 Å². The molecule has 0 N–H and O–H groups in total. The average Bonchev–Trinajstić information content (AvgIpc) is 2.22. The lowest BCUT2D eigenvalue weighted by atomic mass is 9.98. The molecule has 7 heteroatoms. The Morgan fingerprint density at radius 3 is 1.21 bits per heavy atom. The van der Waals surface area contributed by atoms with Gasteiger partial charge in [0, 0.05) is 50.9 Å². The SMILES string of the molecule is C=N/C(=C\C=C(/C)c1ccc(-c2cc(-c3ccc(-c4ccc(-n5c6ccccc6c6ccccc65)cc4)cc3)cc(-c3ccccn3)n2)nc1)c1cc(-c2ccc(-c3ccc(-n4c5ccccc5c5ccccc54)cc3)cc2)cc(-c2ccccc2)n1. The standard InChI is InChI=1S/C80H55N7/c1-53(27-45-70(81-2)74-49-62(48-73(84-74)60-16-4-3-5-17-60)58-32-28-54(29-33-58)56-36-41-64(42-37-56)86-77-23-10-6-18-66(77)67-19-7-11-24-78(67)86)61-40-46-72(83-52-61)76-51-63(50-75(85-76)71-22-14-15-47-82-71)59-34-30-55(31-35-59)57-38-43-65(44-39-57)87-79-25-12-8-20-68(79)69-21-9-13-26-80(69)87/h3-52H,2H2,1H3/b53-27+,70-45-. The molecule has 15 aromatic rings. The monoisotopic (exact) mass is 1110 g/mol. The van der Waals surface area contributed by atoms with Gasteiger partial charge in [-0.2, -0.15) is 0 Å². The fourth-order valence-corrected chi connectivity index (χ4v) is 12.1. The summed E-state index contributed by atoms with van der Waals surface area (Å²) in [6.45, 7) is 6.10. The Morgan fingerprint density at radius 2 is 0.759 bits per heavy atom. The van der Waals surface area contributed by atoms with E-state index in [9.17, 15) is 0 Å². The zero-order chi connectivity index (χ0) is 58.2. The highest BCUT2D eigenvalue weighted by atomic mass is 15.0.